The molecule has 0 aliphatic carbocycles. The fourth-order valence-corrected chi connectivity index (χ4v) is 2.34. The molecule has 1 aromatic rings. The maximum atomic E-state index is 4.93. The van der Waals surface area contributed by atoms with E-state index in [1.165, 1.54) is 22.3 Å². The van der Waals surface area contributed by atoms with Gasteiger partial charge in [-0.15, -0.1) is 17.4 Å². The van der Waals surface area contributed by atoms with E-state index >= 15 is 0 Å². The molecule has 0 radical (unpaired) electrons. The van der Waals surface area contributed by atoms with Crippen LogP contribution in [0.15, 0.2) is 0 Å². The van der Waals surface area contributed by atoms with Crippen LogP contribution in [0.4, 0.5) is 0 Å². The van der Waals surface area contributed by atoms with Gasteiger partial charge in [0.05, 0.1) is 0 Å². The zero-order valence-electron chi connectivity index (χ0n) is 14.2. The van der Waals surface area contributed by atoms with Gasteiger partial charge in [-0.2, -0.15) is 22.3 Å². The second-order valence-corrected chi connectivity index (χ2v) is 9.92. The fourth-order valence-electron chi connectivity index (χ4n) is 2.34. The van der Waals surface area contributed by atoms with Crippen LogP contribution in [0.3, 0.4) is 0 Å². The minimum absolute atomic E-state index is 0.285. The zero-order chi connectivity index (χ0) is 16.5. The predicted octanol–water partition coefficient (Wildman–Crippen LogP) is 6.34. The minimum atomic E-state index is -0.806. The summed E-state index contributed by atoms with van der Waals surface area (Å²) in [6.07, 6.45) is 0. The third-order valence-corrected chi connectivity index (χ3v) is 3.44. The molecule has 0 fully saturated rings. The monoisotopic (exact) mass is 485 g/mol. The van der Waals surface area contributed by atoms with Crippen molar-refractivity contribution in [3.8, 4) is 11.8 Å². The first-order valence-corrected chi connectivity index (χ1v) is 13.8. The van der Waals surface area contributed by atoms with E-state index in [0.717, 1.165) is 0 Å². The van der Waals surface area contributed by atoms with Crippen LogP contribution in [-0.4, -0.2) is 0 Å². The van der Waals surface area contributed by atoms with Crippen molar-refractivity contribution in [2.24, 2.45) is 0 Å². The zero-order valence-corrected chi connectivity index (χ0v) is 18.6. The summed E-state index contributed by atoms with van der Waals surface area (Å²) in [4.78, 5) is 0. The molecule has 0 heterocycles. The Hall–Kier alpha value is 0.178. The molecule has 0 aliphatic rings. The van der Waals surface area contributed by atoms with Gasteiger partial charge in [0.1, 0.15) is 0 Å². The van der Waals surface area contributed by atoms with Crippen molar-refractivity contribution in [2.75, 3.05) is 0 Å². The molecular weight excluding hydrogens is 459 g/mol. The van der Waals surface area contributed by atoms with Crippen molar-refractivity contribution in [1.29, 1.82) is 0 Å². The van der Waals surface area contributed by atoms with Crippen LogP contribution in [0.1, 0.15) is 62.4 Å². The Kier molecular flexibility index (Phi) is 12.2. The summed E-state index contributed by atoms with van der Waals surface area (Å²) in [5.74, 6) is 5.36. The van der Waals surface area contributed by atoms with Crippen molar-refractivity contribution in [2.45, 2.75) is 67.7 Å². The Balaban J connectivity index is 0. The summed E-state index contributed by atoms with van der Waals surface area (Å²) in [7, 11) is 9.86. The quantitative estimate of drug-likeness (QED) is 0.297. The van der Waals surface area contributed by atoms with Gasteiger partial charge in [-0.3, -0.25) is 0 Å². The van der Waals surface area contributed by atoms with Gasteiger partial charge in [-0.05, 0) is 13.8 Å². The van der Waals surface area contributed by atoms with Crippen molar-refractivity contribution in [3.63, 3.8) is 0 Å². The van der Waals surface area contributed by atoms with Gasteiger partial charge in [0.25, 0.3) is 0 Å². The van der Waals surface area contributed by atoms with Crippen LogP contribution in [0.2, 0.25) is 0 Å². The molecule has 20 heavy (non-hydrogen) atoms. The molecule has 3 heteroatoms. The van der Waals surface area contributed by atoms with Gasteiger partial charge in [0.15, 0.2) is 0 Å². The summed E-state index contributed by atoms with van der Waals surface area (Å²) in [6.45, 7) is 19.5. The summed E-state index contributed by atoms with van der Waals surface area (Å²) >= 11 is -0.806. The van der Waals surface area contributed by atoms with E-state index in [-0.39, 0.29) is 5.41 Å². The Morgan fingerprint density at radius 1 is 0.850 bits per heavy atom. The molecule has 116 valence electrons. The first-order chi connectivity index (χ1) is 9.09. The molecule has 0 atom stereocenters. The number of halogens is 2. The van der Waals surface area contributed by atoms with E-state index in [4.69, 9.17) is 18.8 Å². The van der Waals surface area contributed by atoms with Gasteiger partial charge >= 0.3 is 35.3 Å². The molecule has 0 N–H and O–H groups in total. The average Bonchev–Trinajstić information content (AvgIpc) is 2.54. The first kappa shape index (κ1) is 22.5. The summed E-state index contributed by atoms with van der Waals surface area (Å²) in [5.41, 5.74) is 7.75. The molecule has 0 nitrogen and oxygen atoms in total. The van der Waals surface area contributed by atoms with Crippen LogP contribution in [0, 0.1) is 39.5 Å². The van der Waals surface area contributed by atoms with Gasteiger partial charge in [-0.1, -0.05) is 53.9 Å². The Bertz CT molecular complexity index is 423. The molecule has 0 aromatic heterocycles. The van der Waals surface area contributed by atoms with Crippen LogP contribution in [-0.2, 0) is 21.9 Å². The Morgan fingerprint density at radius 3 is 1.20 bits per heavy atom. The van der Waals surface area contributed by atoms with Gasteiger partial charge < -0.3 is 0 Å². The van der Waals surface area contributed by atoms with E-state index in [0.29, 0.717) is 0 Å². The molecule has 0 bridgehead atoms. The topological polar surface area (TPSA) is 0 Å². The maximum absolute atomic E-state index is 4.93. The third kappa shape index (κ3) is 7.26. The molecule has 0 saturated carbocycles. The van der Waals surface area contributed by atoms with Crippen molar-refractivity contribution in [1.82, 2.24) is 0 Å². The second-order valence-electron chi connectivity index (χ2n) is 5.68. The second kappa shape index (κ2) is 10.8. The Morgan fingerprint density at radius 2 is 1.10 bits per heavy atom. The molecule has 0 spiro atoms. The van der Waals surface area contributed by atoms with Gasteiger partial charge in [0.2, 0.25) is 0 Å². The van der Waals surface area contributed by atoms with Crippen LogP contribution in [0.5, 0.6) is 0 Å². The Labute approximate surface area is 142 Å². The van der Waals surface area contributed by atoms with Gasteiger partial charge in [0, 0.05) is 0 Å². The first-order valence-electron chi connectivity index (χ1n) is 6.56. The SMILES string of the molecule is CC#CC.Cc1c(C)c(C)[c-](C(C)(C)C)c1C.[Cl][W][Cl]. The molecule has 0 aliphatic heterocycles. The molecule has 1 aromatic carbocycles. The van der Waals surface area contributed by atoms with Crippen LogP contribution < -0.4 is 0 Å². The van der Waals surface area contributed by atoms with Crippen LogP contribution in [0.25, 0.3) is 0 Å². The van der Waals surface area contributed by atoms with Crippen LogP contribution >= 0.6 is 18.8 Å². The fraction of sp³-hybridized carbons (Fsp3) is 0.588. The van der Waals surface area contributed by atoms with E-state index in [9.17, 15) is 0 Å². The summed E-state index contributed by atoms with van der Waals surface area (Å²) in [6, 6.07) is 0. The molecule has 0 unspecified atom stereocenters. The number of hydrogen-bond acceptors (Lipinski definition) is 0. The molecular formula is C17H27Cl2W-. The number of hydrogen-bond donors (Lipinski definition) is 0. The van der Waals surface area contributed by atoms with Crippen molar-refractivity contribution < 1.29 is 16.5 Å². The standard InChI is InChI=1S/C13H21.C4H6.2ClH.W/c1-8-9(2)11(4)12(10(8)3)13(5,6)7;1-3-4-2;;;/h1-7H3;1-2H3;2*1H;/q-1;;;;+2/p-2. The normalized spacial score (nSPS) is 9.55. The average molecular weight is 486 g/mol. The number of rotatable bonds is 0. The molecule has 0 amide bonds. The van der Waals surface area contributed by atoms with Crippen molar-refractivity contribution >= 4 is 18.8 Å². The van der Waals surface area contributed by atoms with E-state index in [1.54, 1.807) is 5.56 Å². The van der Waals surface area contributed by atoms with Crippen molar-refractivity contribution in [3.05, 3.63) is 27.8 Å². The molecule has 1 rings (SSSR count). The van der Waals surface area contributed by atoms with E-state index in [2.05, 4.69) is 60.3 Å². The molecule has 0 saturated heterocycles. The summed E-state index contributed by atoms with van der Waals surface area (Å²) in [5, 5.41) is 0. The van der Waals surface area contributed by atoms with Gasteiger partial charge in [-0.25, -0.2) is 0 Å². The summed E-state index contributed by atoms with van der Waals surface area (Å²) < 4.78 is 0. The van der Waals surface area contributed by atoms with E-state index in [1.807, 2.05) is 13.8 Å². The predicted molar refractivity (Wildman–Crippen MR) is 90.5 cm³/mol. The van der Waals surface area contributed by atoms with E-state index < -0.39 is 16.5 Å². The third-order valence-electron chi connectivity index (χ3n) is 3.44.